The summed E-state index contributed by atoms with van der Waals surface area (Å²) in [6, 6.07) is 4.47. The molecular weight excluding hydrogens is 343 g/mol. The van der Waals surface area contributed by atoms with Gasteiger partial charge in [-0.1, -0.05) is 19.9 Å². The smallest absolute Gasteiger partial charge is 0.331 e. The van der Waals surface area contributed by atoms with Crippen molar-refractivity contribution in [2.24, 2.45) is 0 Å². The molecule has 0 radical (unpaired) electrons. The number of rotatable bonds is 5. The van der Waals surface area contributed by atoms with Crippen LogP contribution in [0.2, 0.25) is 0 Å². The number of benzene rings is 1. The molecule has 0 atom stereocenters. The number of aromatic nitrogens is 4. The third-order valence-corrected chi connectivity index (χ3v) is 4.29. The summed E-state index contributed by atoms with van der Waals surface area (Å²) in [5.41, 5.74) is -1.16. The molecule has 0 aliphatic rings. The lowest BCUT2D eigenvalue weighted by atomic mass is 9.92. The van der Waals surface area contributed by atoms with Gasteiger partial charge in [0.2, 0.25) is 0 Å². The van der Waals surface area contributed by atoms with E-state index in [9.17, 15) is 14.3 Å². The fourth-order valence-corrected chi connectivity index (χ4v) is 2.80. The van der Waals surface area contributed by atoms with Crippen molar-refractivity contribution < 1.29 is 14.3 Å². The topological polar surface area (TPSA) is 80.9 Å². The Morgan fingerprint density at radius 2 is 2.10 bits per heavy atom. The number of carbonyl (C=O) groups is 1. The number of nitrogens with zero attached hydrogens (tertiary/aromatic N) is 4. The predicted octanol–water partition coefficient (Wildman–Crippen LogP) is 2.84. The summed E-state index contributed by atoms with van der Waals surface area (Å²) in [6.45, 7) is 3.47. The lowest BCUT2D eigenvalue weighted by Gasteiger charge is -2.27. The second kappa shape index (κ2) is 5.88. The van der Waals surface area contributed by atoms with Crippen molar-refractivity contribution in [2.45, 2.75) is 32.2 Å². The minimum absolute atomic E-state index is 0.0890. The summed E-state index contributed by atoms with van der Waals surface area (Å²) < 4.78 is 15.8. The molecule has 0 fully saturated rings. The van der Waals surface area contributed by atoms with Crippen LogP contribution in [0, 0.1) is 5.82 Å². The van der Waals surface area contributed by atoms with Gasteiger partial charge in [0.25, 0.3) is 0 Å². The first kappa shape index (κ1) is 15.6. The highest BCUT2D eigenvalue weighted by Gasteiger charge is 2.41. The molecule has 1 aromatic heterocycles. The molecule has 2 rings (SSSR count). The van der Waals surface area contributed by atoms with Gasteiger partial charge in [-0.15, -0.1) is 5.10 Å². The van der Waals surface area contributed by atoms with Crippen LogP contribution < -0.4 is 0 Å². The van der Waals surface area contributed by atoms with Crippen molar-refractivity contribution in [2.75, 3.05) is 0 Å². The summed E-state index contributed by atoms with van der Waals surface area (Å²) in [4.78, 5) is 11.7. The van der Waals surface area contributed by atoms with Crippen LogP contribution in [0.1, 0.15) is 26.7 Å². The first-order valence-electron chi connectivity index (χ1n) is 6.44. The highest BCUT2D eigenvalue weighted by molar-refractivity contribution is 9.10. The Morgan fingerprint density at radius 1 is 1.43 bits per heavy atom. The molecule has 0 saturated carbocycles. The van der Waals surface area contributed by atoms with Gasteiger partial charge in [-0.2, -0.15) is 0 Å². The van der Waals surface area contributed by atoms with E-state index in [2.05, 4.69) is 31.5 Å². The molecule has 1 aromatic carbocycles. The maximum atomic E-state index is 14.1. The molecule has 112 valence electrons. The van der Waals surface area contributed by atoms with Crippen molar-refractivity contribution in [1.29, 1.82) is 0 Å². The van der Waals surface area contributed by atoms with Crippen LogP contribution in [0.25, 0.3) is 11.4 Å². The van der Waals surface area contributed by atoms with E-state index in [-0.39, 0.29) is 24.2 Å². The standard InChI is InChI=1S/C13H14BrFN4O2/c1-3-13(4-2,12(20)21)19-11(16-17-18-19)10-8(14)6-5-7-9(10)15/h5-7H,3-4H2,1-2H3,(H,20,21). The molecule has 0 saturated heterocycles. The van der Waals surface area contributed by atoms with E-state index >= 15 is 0 Å². The lowest BCUT2D eigenvalue weighted by Crippen LogP contribution is -2.42. The number of carboxylic acids is 1. The highest BCUT2D eigenvalue weighted by atomic mass is 79.9. The van der Waals surface area contributed by atoms with Crippen LogP contribution in [0.15, 0.2) is 22.7 Å². The Hall–Kier alpha value is -1.83. The quantitative estimate of drug-likeness (QED) is 0.890. The van der Waals surface area contributed by atoms with Gasteiger partial charge in [0.15, 0.2) is 11.4 Å². The van der Waals surface area contributed by atoms with E-state index in [1.165, 1.54) is 10.7 Å². The van der Waals surface area contributed by atoms with Crippen LogP contribution in [0.5, 0.6) is 0 Å². The Labute approximate surface area is 129 Å². The fourth-order valence-electron chi connectivity index (χ4n) is 2.29. The van der Waals surface area contributed by atoms with Crippen LogP contribution in [0.3, 0.4) is 0 Å². The second-order valence-electron chi connectivity index (χ2n) is 4.55. The number of carboxylic acid groups (broad SMARTS) is 1. The summed E-state index contributed by atoms with van der Waals surface area (Å²) in [5.74, 6) is -1.48. The Balaban J connectivity index is 2.71. The van der Waals surface area contributed by atoms with E-state index in [0.717, 1.165) is 0 Å². The summed E-state index contributed by atoms with van der Waals surface area (Å²) in [5, 5.41) is 20.7. The van der Waals surface area contributed by atoms with Crippen molar-refractivity contribution in [3.05, 3.63) is 28.5 Å². The Kier molecular flexibility index (Phi) is 4.36. The van der Waals surface area contributed by atoms with Crippen molar-refractivity contribution in [3.63, 3.8) is 0 Å². The van der Waals surface area contributed by atoms with Crippen LogP contribution >= 0.6 is 15.9 Å². The predicted molar refractivity (Wildman–Crippen MR) is 77.1 cm³/mol. The number of hydrogen-bond donors (Lipinski definition) is 1. The minimum atomic E-state index is -1.31. The highest BCUT2D eigenvalue weighted by Crippen LogP contribution is 2.34. The monoisotopic (exact) mass is 356 g/mol. The molecule has 2 aromatic rings. The zero-order chi connectivity index (χ0) is 15.6. The first-order valence-corrected chi connectivity index (χ1v) is 7.23. The Morgan fingerprint density at radius 3 is 2.62 bits per heavy atom. The summed E-state index contributed by atoms with van der Waals surface area (Å²) in [7, 11) is 0. The average Bonchev–Trinajstić information content (AvgIpc) is 2.90. The van der Waals surface area contributed by atoms with Crippen LogP contribution in [-0.2, 0) is 10.3 Å². The molecule has 0 aliphatic heterocycles. The molecular formula is C13H14BrFN4O2. The second-order valence-corrected chi connectivity index (χ2v) is 5.41. The minimum Gasteiger partial charge on any atom is -0.479 e. The van der Waals surface area contributed by atoms with Crippen LogP contribution in [0.4, 0.5) is 4.39 Å². The molecule has 21 heavy (non-hydrogen) atoms. The van der Waals surface area contributed by atoms with Gasteiger partial charge < -0.3 is 5.11 Å². The van der Waals surface area contributed by atoms with Crippen LogP contribution in [-0.4, -0.2) is 31.3 Å². The van der Waals surface area contributed by atoms with Gasteiger partial charge >= 0.3 is 5.97 Å². The Bertz CT molecular complexity index is 650. The molecule has 0 spiro atoms. The molecule has 0 bridgehead atoms. The maximum Gasteiger partial charge on any atom is 0.331 e. The number of aliphatic carboxylic acids is 1. The third-order valence-electron chi connectivity index (χ3n) is 3.63. The van der Waals surface area contributed by atoms with Gasteiger partial charge in [-0.3, -0.25) is 0 Å². The van der Waals surface area contributed by atoms with Gasteiger partial charge in [0.1, 0.15) is 5.82 Å². The van der Waals surface area contributed by atoms with E-state index in [1.54, 1.807) is 26.0 Å². The van der Waals surface area contributed by atoms with E-state index in [0.29, 0.717) is 4.47 Å². The van der Waals surface area contributed by atoms with E-state index < -0.39 is 17.3 Å². The molecule has 0 amide bonds. The average molecular weight is 357 g/mol. The van der Waals surface area contributed by atoms with Crippen molar-refractivity contribution in [3.8, 4) is 11.4 Å². The molecule has 8 heteroatoms. The van der Waals surface area contributed by atoms with E-state index in [4.69, 9.17) is 0 Å². The molecule has 0 aliphatic carbocycles. The van der Waals surface area contributed by atoms with Crippen molar-refractivity contribution >= 4 is 21.9 Å². The molecule has 0 unspecified atom stereocenters. The number of hydrogen-bond acceptors (Lipinski definition) is 4. The molecule has 1 heterocycles. The molecule has 1 N–H and O–H groups in total. The zero-order valence-corrected chi connectivity index (χ0v) is 13.1. The van der Waals surface area contributed by atoms with Gasteiger partial charge in [0, 0.05) is 4.47 Å². The van der Waals surface area contributed by atoms with Gasteiger partial charge in [-0.25, -0.2) is 13.9 Å². The molecule has 6 nitrogen and oxygen atoms in total. The largest absolute Gasteiger partial charge is 0.479 e. The maximum absolute atomic E-state index is 14.1. The zero-order valence-electron chi connectivity index (χ0n) is 11.5. The van der Waals surface area contributed by atoms with E-state index in [1.807, 2.05) is 0 Å². The SMILES string of the molecule is CCC(CC)(C(=O)O)n1nnnc1-c1c(F)cccc1Br. The van der Waals surface area contributed by atoms with Crippen molar-refractivity contribution in [1.82, 2.24) is 20.2 Å². The van der Waals surface area contributed by atoms with Gasteiger partial charge in [0.05, 0.1) is 5.56 Å². The first-order chi connectivity index (χ1) is 9.97. The fraction of sp³-hybridized carbons (Fsp3) is 0.385. The summed E-state index contributed by atoms with van der Waals surface area (Å²) in [6.07, 6.45) is 0.561. The third kappa shape index (κ3) is 2.44. The summed E-state index contributed by atoms with van der Waals surface area (Å²) >= 11 is 3.25. The number of tetrazole rings is 1. The normalized spacial score (nSPS) is 11.6. The van der Waals surface area contributed by atoms with Gasteiger partial charge in [-0.05, 0) is 51.3 Å². The number of halogens is 2. The lowest BCUT2D eigenvalue weighted by molar-refractivity contribution is -0.148.